The van der Waals surface area contributed by atoms with Crippen molar-refractivity contribution < 1.29 is 22.7 Å². The number of piperazine rings is 1. The van der Waals surface area contributed by atoms with Crippen LogP contribution in [0.3, 0.4) is 0 Å². The summed E-state index contributed by atoms with van der Waals surface area (Å²) >= 11 is 0. The highest BCUT2D eigenvalue weighted by Crippen LogP contribution is 2.32. The zero-order chi connectivity index (χ0) is 17.6. The van der Waals surface area contributed by atoms with E-state index in [-0.39, 0.29) is 6.04 Å². The van der Waals surface area contributed by atoms with Crippen LogP contribution in [0.4, 0.5) is 13.2 Å². The van der Waals surface area contributed by atoms with Gasteiger partial charge in [0.15, 0.2) is 0 Å². The number of benzene rings is 1. The summed E-state index contributed by atoms with van der Waals surface area (Å²) in [6, 6.07) is 5.23. The number of hydrogen-bond acceptors (Lipinski definition) is 4. The Labute approximate surface area is 139 Å². The van der Waals surface area contributed by atoms with E-state index in [1.54, 1.807) is 19.1 Å². The molecule has 0 spiro atoms. The van der Waals surface area contributed by atoms with Gasteiger partial charge >= 0.3 is 12.1 Å². The van der Waals surface area contributed by atoms with Gasteiger partial charge in [-0.15, -0.1) is 0 Å². The summed E-state index contributed by atoms with van der Waals surface area (Å²) in [6.45, 7) is 4.52. The van der Waals surface area contributed by atoms with Crippen LogP contribution in [-0.4, -0.2) is 43.7 Å². The molecule has 1 unspecified atom stereocenters. The van der Waals surface area contributed by atoms with Gasteiger partial charge in [0.25, 0.3) is 0 Å². The van der Waals surface area contributed by atoms with E-state index < -0.39 is 17.7 Å². The summed E-state index contributed by atoms with van der Waals surface area (Å²) in [5.74, 6) is -0.414. The number of esters is 1. The minimum Gasteiger partial charge on any atom is -0.463 e. The van der Waals surface area contributed by atoms with Gasteiger partial charge in [0, 0.05) is 38.3 Å². The molecule has 0 aliphatic carbocycles. The van der Waals surface area contributed by atoms with Crippen molar-refractivity contribution in [1.29, 1.82) is 0 Å². The molecule has 0 radical (unpaired) electrons. The third-order valence-corrected chi connectivity index (χ3v) is 3.83. The van der Waals surface area contributed by atoms with Crippen LogP contribution in [0.25, 0.3) is 0 Å². The molecule has 1 saturated heterocycles. The van der Waals surface area contributed by atoms with Crippen LogP contribution in [0.1, 0.15) is 24.1 Å². The van der Waals surface area contributed by atoms with Crippen molar-refractivity contribution in [3.63, 3.8) is 0 Å². The van der Waals surface area contributed by atoms with Crippen LogP contribution in [0.2, 0.25) is 0 Å². The van der Waals surface area contributed by atoms with Crippen LogP contribution >= 0.6 is 0 Å². The molecule has 0 bridgehead atoms. The fourth-order valence-electron chi connectivity index (χ4n) is 2.69. The molecular weight excluding hydrogens is 321 g/mol. The van der Waals surface area contributed by atoms with Crippen LogP contribution in [0.15, 0.2) is 36.4 Å². The van der Waals surface area contributed by atoms with Gasteiger partial charge in [-0.1, -0.05) is 18.2 Å². The smallest absolute Gasteiger partial charge is 0.416 e. The Bertz CT molecular complexity index is 587. The summed E-state index contributed by atoms with van der Waals surface area (Å²) < 4.78 is 43.5. The summed E-state index contributed by atoms with van der Waals surface area (Å²) in [5, 5.41) is 3.20. The van der Waals surface area contributed by atoms with E-state index in [9.17, 15) is 18.0 Å². The second-order valence-corrected chi connectivity index (χ2v) is 5.49. The lowest BCUT2D eigenvalue weighted by atomic mass is 10.0. The molecule has 1 aliphatic rings. The number of halogens is 3. The van der Waals surface area contributed by atoms with E-state index in [0.29, 0.717) is 31.8 Å². The molecule has 4 nitrogen and oxygen atoms in total. The first-order valence-electron chi connectivity index (χ1n) is 7.87. The van der Waals surface area contributed by atoms with Crippen molar-refractivity contribution in [2.24, 2.45) is 0 Å². The molecule has 1 aromatic carbocycles. The molecule has 2 rings (SSSR count). The predicted octanol–water partition coefficient (Wildman–Crippen LogP) is 2.77. The van der Waals surface area contributed by atoms with Crippen LogP contribution in [0.5, 0.6) is 0 Å². The lowest BCUT2D eigenvalue weighted by molar-refractivity contribution is -0.138. The summed E-state index contributed by atoms with van der Waals surface area (Å²) in [7, 11) is 0. The molecule has 1 heterocycles. The molecule has 0 aromatic heterocycles. The van der Waals surface area contributed by atoms with E-state index in [2.05, 4.69) is 5.32 Å². The Hall–Kier alpha value is -1.86. The minimum absolute atomic E-state index is 0.173. The fourth-order valence-corrected chi connectivity index (χ4v) is 2.69. The Morgan fingerprint density at radius 3 is 2.96 bits per heavy atom. The Balaban J connectivity index is 2.10. The molecule has 24 heavy (non-hydrogen) atoms. The van der Waals surface area contributed by atoms with Crippen LogP contribution in [-0.2, 0) is 15.7 Å². The van der Waals surface area contributed by atoms with Crippen LogP contribution in [0, 0.1) is 0 Å². The number of ether oxygens (including phenoxy) is 1. The number of nitrogens with one attached hydrogen (secondary N) is 1. The average Bonchev–Trinajstić information content (AvgIpc) is 2.55. The van der Waals surface area contributed by atoms with Gasteiger partial charge in [0.05, 0.1) is 12.2 Å². The van der Waals surface area contributed by atoms with E-state index in [1.165, 1.54) is 18.2 Å². The van der Waals surface area contributed by atoms with Crippen molar-refractivity contribution in [3.8, 4) is 0 Å². The molecular formula is C17H21F3N2O2. The van der Waals surface area contributed by atoms with Gasteiger partial charge in [-0.25, -0.2) is 4.79 Å². The van der Waals surface area contributed by atoms with Gasteiger partial charge in [-0.3, -0.25) is 4.90 Å². The maximum Gasteiger partial charge on any atom is 0.416 e. The Morgan fingerprint density at radius 2 is 2.25 bits per heavy atom. The molecule has 1 fully saturated rings. The number of carbonyl (C=O) groups is 1. The minimum atomic E-state index is -4.35. The van der Waals surface area contributed by atoms with E-state index in [0.717, 1.165) is 12.6 Å². The monoisotopic (exact) mass is 342 g/mol. The fraction of sp³-hybridized carbons (Fsp3) is 0.471. The Morgan fingerprint density at radius 1 is 1.46 bits per heavy atom. The van der Waals surface area contributed by atoms with Gasteiger partial charge in [-0.2, -0.15) is 13.2 Å². The summed E-state index contributed by atoms with van der Waals surface area (Å²) in [6.07, 6.45) is -1.31. The summed E-state index contributed by atoms with van der Waals surface area (Å²) in [4.78, 5) is 13.4. The van der Waals surface area contributed by atoms with Crippen molar-refractivity contribution >= 4 is 5.97 Å². The zero-order valence-electron chi connectivity index (χ0n) is 13.5. The zero-order valence-corrected chi connectivity index (χ0v) is 13.5. The van der Waals surface area contributed by atoms with Crippen LogP contribution < -0.4 is 5.32 Å². The first kappa shape index (κ1) is 18.5. The highest BCUT2D eigenvalue weighted by Gasteiger charge is 2.32. The molecule has 0 amide bonds. The number of nitrogens with zero attached hydrogens (tertiary/aromatic N) is 1. The topological polar surface area (TPSA) is 41.6 Å². The van der Waals surface area contributed by atoms with Gasteiger partial charge in [-0.05, 0) is 24.6 Å². The number of alkyl halides is 3. The summed E-state index contributed by atoms with van der Waals surface area (Å²) in [5.41, 5.74) is -0.0332. The lowest BCUT2D eigenvalue weighted by Gasteiger charge is -2.36. The molecule has 1 aromatic rings. The second kappa shape index (κ2) is 8.30. The number of carbonyl (C=O) groups excluding carboxylic acids is 1. The largest absolute Gasteiger partial charge is 0.463 e. The first-order chi connectivity index (χ1) is 11.4. The standard InChI is InChI=1S/C17H21F3N2O2/c1-2-24-16(23)7-4-9-22-10-8-21-12-15(22)13-5-3-6-14(11-13)17(18,19)20/h3-7,11,15,21H,2,8-10,12H2,1H3/b7-4+. The normalized spacial score (nSPS) is 19.6. The molecule has 132 valence electrons. The second-order valence-electron chi connectivity index (χ2n) is 5.49. The molecule has 1 atom stereocenters. The van der Waals surface area contributed by atoms with E-state index in [1.807, 2.05) is 4.90 Å². The first-order valence-corrected chi connectivity index (χ1v) is 7.87. The average molecular weight is 342 g/mol. The van der Waals surface area contributed by atoms with Crippen molar-refractivity contribution in [3.05, 3.63) is 47.5 Å². The maximum absolute atomic E-state index is 12.9. The SMILES string of the molecule is CCOC(=O)/C=C/CN1CCNCC1c1cccc(C(F)(F)F)c1. The molecule has 7 heteroatoms. The molecule has 1 aliphatic heterocycles. The third-order valence-electron chi connectivity index (χ3n) is 3.83. The molecule has 1 N–H and O–H groups in total. The van der Waals surface area contributed by atoms with Crippen molar-refractivity contribution in [1.82, 2.24) is 10.2 Å². The van der Waals surface area contributed by atoms with Gasteiger partial charge < -0.3 is 10.1 Å². The van der Waals surface area contributed by atoms with Crippen molar-refractivity contribution in [2.75, 3.05) is 32.8 Å². The highest BCUT2D eigenvalue weighted by atomic mass is 19.4. The van der Waals surface area contributed by atoms with Gasteiger partial charge in [0.2, 0.25) is 0 Å². The van der Waals surface area contributed by atoms with E-state index >= 15 is 0 Å². The third kappa shape index (κ3) is 5.07. The quantitative estimate of drug-likeness (QED) is 0.660. The predicted molar refractivity (Wildman–Crippen MR) is 84.4 cm³/mol. The number of rotatable bonds is 5. The highest BCUT2D eigenvalue weighted by molar-refractivity contribution is 5.81. The van der Waals surface area contributed by atoms with Crippen molar-refractivity contribution in [2.45, 2.75) is 19.1 Å². The lowest BCUT2D eigenvalue weighted by Crippen LogP contribution is -2.46. The number of hydrogen-bond donors (Lipinski definition) is 1. The van der Waals surface area contributed by atoms with E-state index in [4.69, 9.17) is 4.74 Å². The van der Waals surface area contributed by atoms with Gasteiger partial charge in [0.1, 0.15) is 0 Å². The molecule has 0 saturated carbocycles. The maximum atomic E-state index is 12.9. The Kier molecular flexibility index (Phi) is 6.39.